The fraction of sp³-hybridized carbons (Fsp3) is 0.462. The maximum atomic E-state index is 13.1. The van der Waals surface area contributed by atoms with Gasteiger partial charge in [-0.1, -0.05) is 6.92 Å². The quantitative estimate of drug-likeness (QED) is 0.510. The molecule has 0 aliphatic heterocycles. The fourth-order valence-corrected chi connectivity index (χ4v) is 4.54. The van der Waals surface area contributed by atoms with Crippen LogP contribution >= 0.6 is 0 Å². The van der Waals surface area contributed by atoms with Gasteiger partial charge < -0.3 is 9.64 Å². The summed E-state index contributed by atoms with van der Waals surface area (Å²) >= 11 is 0. The molecule has 0 atom stereocenters. The first kappa shape index (κ1) is 23.0. The van der Waals surface area contributed by atoms with E-state index in [1.54, 1.807) is 4.52 Å². The van der Waals surface area contributed by atoms with Gasteiger partial charge in [0.2, 0.25) is 5.91 Å². The van der Waals surface area contributed by atoms with Crippen LogP contribution in [0.1, 0.15) is 67.3 Å². The minimum absolute atomic E-state index is 0.0484. The van der Waals surface area contributed by atoms with Crippen molar-refractivity contribution in [1.29, 1.82) is 0 Å². The molecule has 1 amide bonds. The second-order valence-corrected chi connectivity index (χ2v) is 8.47. The maximum absolute atomic E-state index is 13.1. The van der Waals surface area contributed by atoms with Crippen LogP contribution in [0.2, 0.25) is 0 Å². The highest BCUT2D eigenvalue weighted by Crippen LogP contribution is 2.31. The third-order valence-electron chi connectivity index (χ3n) is 6.31. The number of amides is 1. The van der Waals surface area contributed by atoms with E-state index in [1.165, 1.54) is 0 Å². The molecule has 0 saturated carbocycles. The lowest BCUT2D eigenvalue weighted by Crippen LogP contribution is -2.31. The zero-order valence-electron chi connectivity index (χ0n) is 20.0. The average Bonchev–Trinajstić information content (AvgIpc) is 3.17. The summed E-state index contributed by atoms with van der Waals surface area (Å²) < 4.78 is 7.48. The minimum atomic E-state index is 0.0484. The van der Waals surface area contributed by atoms with Gasteiger partial charge in [0.05, 0.1) is 35.7 Å². The molecule has 4 rings (SSSR count). The third-order valence-corrected chi connectivity index (χ3v) is 6.31. The highest BCUT2D eigenvalue weighted by Gasteiger charge is 2.27. The highest BCUT2D eigenvalue weighted by atomic mass is 16.5. The van der Waals surface area contributed by atoms with E-state index < -0.39 is 0 Å². The number of ether oxygens (including phenoxy) is 1. The first-order valence-corrected chi connectivity index (χ1v) is 11.9. The number of hydrogen-bond acceptors (Lipinski definition) is 5. The van der Waals surface area contributed by atoms with E-state index in [2.05, 4.69) is 6.92 Å². The molecule has 0 bridgehead atoms. The summed E-state index contributed by atoms with van der Waals surface area (Å²) in [5.41, 5.74) is 5.40. The minimum Gasteiger partial charge on any atom is -0.494 e. The predicted octanol–water partition coefficient (Wildman–Crippen LogP) is 4.42. The molecule has 7 heteroatoms. The zero-order chi connectivity index (χ0) is 23.5. The van der Waals surface area contributed by atoms with E-state index in [9.17, 15) is 9.59 Å². The number of rotatable bonds is 8. The van der Waals surface area contributed by atoms with Crippen LogP contribution in [0.25, 0.3) is 16.9 Å². The molecule has 0 spiro atoms. The van der Waals surface area contributed by atoms with Crippen LogP contribution in [-0.4, -0.2) is 50.9 Å². The van der Waals surface area contributed by atoms with Gasteiger partial charge in [0, 0.05) is 30.6 Å². The molecule has 33 heavy (non-hydrogen) atoms. The third kappa shape index (κ3) is 4.36. The summed E-state index contributed by atoms with van der Waals surface area (Å²) in [7, 11) is 0. The molecule has 7 nitrogen and oxygen atoms in total. The van der Waals surface area contributed by atoms with Crippen LogP contribution < -0.4 is 4.74 Å². The molecule has 2 aromatic heterocycles. The Balaban J connectivity index is 1.86. The van der Waals surface area contributed by atoms with Gasteiger partial charge in [0.1, 0.15) is 5.75 Å². The van der Waals surface area contributed by atoms with Crippen molar-refractivity contribution in [2.24, 2.45) is 0 Å². The lowest BCUT2D eigenvalue weighted by Gasteiger charge is -2.19. The summed E-state index contributed by atoms with van der Waals surface area (Å²) in [4.78, 5) is 32.4. The standard InChI is InChI=1S/C26H32N4O3/c1-5-15-33-19-13-11-18(12-14-19)25-20(16-23(32)29(6-2)7-3)26-27-21-9-8-10-22(31)24(21)17(4)30(26)28-25/h11-14H,5-10,15-16H2,1-4H3. The predicted molar refractivity (Wildman–Crippen MR) is 128 cm³/mol. The molecule has 1 aromatic carbocycles. The largest absolute Gasteiger partial charge is 0.494 e. The number of nitrogens with zero attached hydrogens (tertiary/aromatic N) is 4. The Kier molecular flexibility index (Phi) is 6.77. The average molecular weight is 449 g/mol. The van der Waals surface area contributed by atoms with E-state index in [4.69, 9.17) is 14.8 Å². The van der Waals surface area contributed by atoms with Crippen LogP contribution in [0.5, 0.6) is 5.75 Å². The monoisotopic (exact) mass is 448 g/mol. The summed E-state index contributed by atoms with van der Waals surface area (Å²) in [5, 5.41) is 4.87. The van der Waals surface area contributed by atoms with Crippen LogP contribution in [0.15, 0.2) is 24.3 Å². The smallest absolute Gasteiger partial charge is 0.227 e. The topological polar surface area (TPSA) is 76.8 Å². The van der Waals surface area contributed by atoms with Crippen molar-refractivity contribution in [2.45, 2.75) is 59.8 Å². The Morgan fingerprint density at radius 3 is 2.52 bits per heavy atom. The van der Waals surface area contributed by atoms with Gasteiger partial charge in [-0.2, -0.15) is 5.10 Å². The van der Waals surface area contributed by atoms with Crippen LogP contribution in [0.4, 0.5) is 0 Å². The number of carbonyl (C=O) groups is 2. The van der Waals surface area contributed by atoms with Crippen LogP contribution in [0.3, 0.4) is 0 Å². The van der Waals surface area contributed by atoms with Gasteiger partial charge in [0.15, 0.2) is 11.4 Å². The first-order valence-electron chi connectivity index (χ1n) is 11.9. The van der Waals surface area contributed by atoms with E-state index >= 15 is 0 Å². The van der Waals surface area contributed by atoms with Gasteiger partial charge >= 0.3 is 0 Å². The van der Waals surface area contributed by atoms with Crippen molar-refractivity contribution in [3.63, 3.8) is 0 Å². The van der Waals surface area contributed by atoms with E-state index in [-0.39, 0.29) is 18.1 Å². The molecular formula is C26H32N4O3. The molecule has 1 aliphatic carbocycles. The molecule has 0 radical (unpaired) electrons. The van der Waals surface area contributed by atoms with Crippen molar-refractivity contribution < 1.29 is 14.3 Å². The fourth-order valence-electron chi connectivity index (χ4n) is 4.54. The van der Waals surface area contributed by atoms with Crippen molar-refractivity contribution in [3.8, 4) is 17.0 Å². The van der Waals surface area contributed by atoms with Crippen molar-refractivity contribution in [3.05, 3.63) is 46.8 Å². The normalized spacial score (nSPS) is 13.3. The van der Waals surface area contributed by atoms with Crippen molar-refractivity contribution >= 4 is 17.3 Å². The molecule has 3 aromatic rings. The number of fused-ring (bicyclic) bond motifs is 2. The number of carbonyl (C=O) groups excluding carboxylic acids is 2. The van der Waals surface area contributed by atoms with Gasteiger partial charge in [-0.05, 0) is 64.3 Å². The Labute approximate surface area is 194 Å². The van der Waals surface area contributed by atoms with Crippen molar-refractivity contribution in [2.75, 3.05) is 19.7 Å². The summed E-state index contributed by atoms with van der Waals surface area (Å²) in [5.74, 6) is 0.978. The molecule has 174 valence electrons. The summed E-state index contributed by atoms with van der Waals surface area (Å²) in [6.07, 6.45) is 3.28. The molecular weight excluding hydrogens is 416 g/mol. The Hall–Kier alpha value is -3.22. The summed E-state index contributed by atoms with van der Waals surface area (Å²) in [6, 6.07) is 7.80. The molecule has 1 aliphatic rings. The number of aryl methyl sites for hydroxylation is 2. The maximum Gasteiger partial charge on any atom is 0.227 e. The van der Waals surface area contributed by atoms with Crippen LogP contribution in [0, 0.1) is 6.92 Å². The molecule has 0 N–H and O–H groups in total. The number of Topliss-reactive ketones (excluding diaryl/α,β-unsaturated/α-hetero) is 1. The number of aromatic nitrogens is 3. The second kappa shape index (κ2) is 9.73. The van der Waals surface area contributed by atoms with E-state index in [0.29, 0.717) is 37.3 Å². The molecule has 0 fully saturated rings. The van der Waals surface area contributed by atoms with E-state index in [1.807, 2.05) is 49.9 Å². The SMILES string of the molecule is CCCOc1ccc(-c2nn3c(C)c4c(nc3c2CC(=O)N(CC)CC)CCCC4=O)cc1. The van der Waals surface area contributed by atoms with E-state index in [0.717, 1.165) is 53.2 Å². The van der Waals surface area contributed by atoms with Gasteiger partial charge in [-0.25, -0.2) is 9.50 Å². The van der Waals surface area contributed by atoms with Crippen LogP contribution in [-0.2, 0) is 17.6 Å². The van der Waals surface area contributed by atoms with Crippen molar-refractivity contribution in [1.82, 2.24) is 19.5 Å². The Bertz CT molecular complexity index is 1180. The Morgan fingerprint density at radius 2 is 1.85 bits per heavy atom. The summed E-state index contributed by atoms with van der Waals surface area (Å²) in [6.45, 7) is 9.94. The number of likely N-dealkylation sites (N-methyl/N-ethyl adjacent to an activating group) is 1. The molecule has 0 saturated heterocycles. The second-order valence-electron chi connectivity index (χ2n) is 8.47. The first-order chi connectivity index (χ1) is 16.0. The Morgan fingerprint density at radius 1 is 1.12 bits per heavy atom. The number of hydrogen-bond donors (Lipinski definition) is 0. The highest BCUT2D eigenvalue weighted by molar-refractivity contribution is 5.99. The molecule has 0 unspecified atom stereocenters. The van der Waals surface area contributed by atoms with Gasteiger partial charge in [-0.15, -0.1) is 0 Å². The number of ketones is 1. The van der Waals surface area contributed by atoms with Gasteiger partial charge in [0.25, 0.3) is 0 Å². The molecule has 2 heterocycles. The number of benzene rings is 1. The lowest BCUT2D eigenvalue weighted by atomic mass is 9.93. The van der Waals surface area contributed by atoms with Gasteiger partial charge in [-0.3, -0.25) is 9.59 Å². The lowest BCUT2D eigenvalue weighted by molar-refractivity contribution is -0.130. The zero-order valence-corrected chi connectivity index (χ0v) is 20.0.